The summed E-state index contributed by atoms with van der Waals surface area (Å²) in [5.41, 5.74) is 3.21. The summed E-state index contributed by atoms with van der Waals surface area (Å²) in [6, 6.07) is 0.361. The van der Waals surface area contributed by atoms with Crippen LogP contribution in [-0.2, 0) is 11.2 Å². The summed E-state index contributed by atoms with van der Waals surface area (Å²) in [6.45, 7) is 7.67. The van der Waals surface area contributed by atoms with E-state index in [2.05, 4.69) is 21.5 Å². The third-order valence-corrected chi connectivity index (χ3v) is 6.37. The van der Waals surface area contributed by atoms with Crippen LogP contribution in [0.4, 0.5) is 0 Å². The van der Waals surface area contributed by atoms with Gasteiger partial charge in [-0.2, -0.15) is 0 Å². The van der Waals surface area contributed by atoms with E-state index in [0.717, 1.165) is 42.9 Å². The quantitative estimate of drug-likeness (QED) is 0.802. The highest BCUT2D eigenvalue weighted by atomic mass is 16.5. The monoisotopic (exact) mass is 370 g/mol. The van der Waals surface area contributed by atoms with Gasteiger partial charge in [-0.25, -0.2) is 4.98 Å². The van der Waals surface area contributed by atoms with Crippen LogP contribution in [0.2, 0.25) is 0 Å². The van der Waals surface area contributed by atoms with Crippen molar-refractivity contribution >= 4 is 5.91 Å². The predicted molar refractivity (Wildman–Crippen MR) is 103 cm³/mol. The third kappa shape index (κ3) is 3.54. The van der Waals surface area contributed by atoms with Crippen LogP contribution in [0.5, 0.6) is 0 Å². The van der Waals surface area contributed by atoms with Crippen LogP contribution in [0.25, 0.3) is 0 Å². The second-order valence-electron chi connectivity index (χ2n) is 8.19. The summed E-state index contributed by atoms with van der Waals surface area (Å²) in [5, 5.41) is 3.99. The Hall–Kier alpha value is -2.11. The molecule has 1 aliphatic carbocycles. The van der Waals surface area contributed by atoms with Crippen molar-refractivity contribution in [1.29, 1.82) is 0 Å². The molecule has 2 aliphatic rings. The Balaban J connectivity index is 1.42. The fraction of sp³-hybridized carbons (Fsp3) is 0.667. The lowest BCUT2D eigenvalue weighted by Gasteiger charge is -2.36. The van der Waals surface area contributed by atoms with Crippen LogP contribution < -0.4 is 0 Å². The van der Waals surface area contributed by atoms with Gasteiger partial charge in [0.15, 0.2) is 0 Å². The molecule has 0 spiro atoms. The second-order valence-corrected chi connectivity index (χ2v) is 8.19. The zero-order valence-corrected chi connectivity index (χ0v) is 16.7. The molecule has 0 aromatic carbocycles. The van der Waals surface area contributed by atoms with Gasteiger partial charge in [0.2, 0.25) is 5.91 Å². The molecule has 1 saturated heterocycles. The van der Waals surface area contributed by atoms with E-state index in [0.29, 0.717) is 24.8 Å². The van der Waals surface area contributed by atoms with Gasteiger partial charge in [0, 0.05) is 42.9 Å². The normalized spacial score (nSPS) is 20.7. The number of rotatable bonds is 5. The standard InChI is InChI=1S/C21H30N4O2/c1-14-12-22-21(17-6-4-7-17)25(14)18-8-5-11-24(13-18)20(26)10-9-19-15(2)23-27-16(19)3/h12,17-18H,4-11,13H2,1-3H3. The molecule has 3 heterocycles. The first-order chi connectivity index (χ1) is 13.0. The Bertz CT molecular complexity index is 799. The van der Waals surface area contributed by atoms with Gasteiger partial charge >= 0.3 is 0 Å². The maximum Gasteiger partial charge on any atom is 0.222 e. The molecule has 1 unspecified atom stereocenters. The number of aromatic nitrogens is 3. The highest BCUT2D eigenvalue weighted by Crippen LogP contribution is 2.38. The number of hydrogen-bond acceptors (Lipinski definition) is 4. The average Bonchev–Trinajstić information content (AvgIpc) is 3.14. The van der Waals surface area contributed by atoms with Crippen molar-refractivity contribution in [2.75, 3.05) is 13.1 Å². The van der Waals surface area contributed by atoms with Crippen molar-refractivity contribution in [3.05, 3.63) is 34.7 Å². The van der Waals surface area contributed by atoms with E-state index in [1.54, 1.807) is 0 Å². The van der Waals surface area contributed by atoms with Crippen LogP contribution in [0, 0.1) is 20.8 Å². The molecule has 2 fully saturated rings. The van der Waals surface area contributed by atoms with E-state index >= 15 is 0 Å². The Morgan fingerprint density at radius 1 is 1.22 bits per heavy atom. The van der Waals surface area contributed by atoms with Crippen molar-refractivity contribution in [2.45, 2.75) is 77.7 Å². The Morgan fingerprint density at radius 2 is 2.04 bits per heavy atom. The minimum Gasteiger partial charge on any atom is -0.361 e. The third-order valence-electron chi connectivity index (χ3n) is 6.37. The SMILES string of the molecule is Cc1noc(C)c1CCC(=O)N1CCCC(n2c(C)cnc2C2CCC2)C1. The summed E-state index contributed by atoms with van der Waals surface area (Å²) in [7, 11) is 0. The summed E-state index contributed by atoms with van der Waals surface area (Å²) in [6.07, 6.45) is 9.24. The molecule has 27 heavy (non-hydrogen) atoms. The minimum atomic E-state index is 0.239. The number of carbonyl (C=O) groups excluding carboxylic acids is 1. The number of amides is 1. The van der Waals surface area contributed by atoms with Crippen LogP contribution in [0.1, 0.15) is 79.0 Å². The number of carbonyl (C=O) groups is 1. The van der Waals surface area contributed by atoms with Crippen molar-refractivity contribution in [1.82, 2.24) is 19.6 Å². The summed E-state index contributed by atoms with van der Waals surface area (Å²) >= 11 is 0. The highest BCUT2D eigenvalue weighted by molar-refractivity contribution is 5.76. The number of aryl methyl sites for hydroxylation is 3. The molecule has 4 rings (SSSR count). The number of likely N-dealkylation sites (tertiary alicyclic amines) is 1. The van der Waals surface area contributed by atoms with E-state index in [9.17, 15) is 4.79 Å². The molecule has 0 radical (unpaired) electrons. The fourth-order valence-electron chi connectivity index (χ4n) is 4.55. The van der Waals surface area contributed by atoms with E-state index < -0.39 is 0 Å². The van der Waals surface area contributed by atoms with Crippen molar-refractivity contribution in [3.63, 3.8) is 0 Å². The van der Waals surface area contributed by atoms with Crippen LogP contribution in [0.15, 0.2) is 10.7 Å². The smallest absolute Gasteiger partial charge is 0.222 e. The van der Waals surface area contributed by atoms with E-state index in [1.807, 2.05) is 20.0 Å². The van der Waals surface area contributed by atoms with Gasteiger partial charge < -0.3 is 14.0 Å². The van der Waals surface area contributed by atoms with E-state index in [1.165, 1.54) is 30.8 Å². The fourth-order valence-corrected chi connectivity index (χ4v) is 4.55. The molecule has 1 aliphatic heterocycles. The van der Waals surface area contributed by atoms with Crippen molar-refractivity contribution < 1.29 is 9.32 Å². The van der Waals surface area contributed by atoms with Crippen LogP contribution in [0.3, 0.4) is 0 Å². The van der Waals surface area contributed by atoms with Gasteiger partial charge in [0.1, 0.15) is 11.6 Å². The predicted octanol–water partition coefficient (Wildman–Crippen LogP) is 3.86. The summed E-state index contributed by atoms with van der Waals surface area (Å²) in [5.74, 6) is 2.93. The molecule has 1 amide bonds. The van der Waals surface area contributed by atoms with Gasteiger partial charge in [-0.05, 0) is 52.9 Å². The zero-order valence-electron chi connectivity index (χ0n) is 16.7. The molecule has 6 heteroatoms. The lowest BCUT2D eigenvalue weighted by atomic mass is 9.84. The molecule has 1 saturated carbocycles. The van der Waals surface area contributed by atoms with Gasteiger partial charge in [0.05, 0.1) is 11.7 Å². The molecule has 2 aromatic heterocycles. The van der Waals surface area contributed by atoms with E-state index in [4.69, 9.17) is 9.51 Å². The molecule has 2 aromatic rings. The maximum atomic E-state index is 12.9. The molecule has 0 N–H and O–H groups in total. The summed E-state index contributed by atoms with van der Waals surface area (Å²) in [4.78, 5) is 19.6. The molecular weight excluding hydrogens is 340 g/mol. The van der Waals surface area contributed by atoms with Crippen molar-refractivity contribution in [3.8, 4) is 0 Å². The molecule has 6 nitrogen and oxygen atoms in total. The van der Waals surface area contributed by atoms with Gasteiger partial charge in [-0.15, -0.1) is 0 Å². The number of nitrogens with zero attached hydrogens (tertiary/aromatic N) is 4. The Kier molecular flexibility index (Phi) is 5.06. The maximum absolute atomic E-state index is 12.9. The average molecular weight is 370 g/mol. The minimum absolute atomic E-state index is 0.239. The van der Waals surface area contributed by atoms with Crippen LogP contribution in [-0.4, -0.2) is 38.6 Å². The summed E-state index contributed by atoms with van der Waals surface area (Å²) < 4.78 is 7.65. The van der Waals surface area contributed by atoms with Crippen LogP contribution >= 0.6 is 0 Å². The molecule has 0 bridgehead atoms. The van der Waals surface area contributed by atoms with Crippen molar-refractivity contribution in [2.24, 2.45) is 0 Å². The van der Waals surface area contributed by atoms with Gasteiger partial charge in [-0.1, -0.05) is 11.6 Å². The Morgan fingerprint density at radius 3 is 2.70 bits per heavy atom. The first-order valence-corrected chi connectivity index (χ1v) is 10.3. The first-order valence-electron chi connectivity index (χ1n) is 10.3. The van der Waals surface area contributed by atoms with Gasteiger partial charge in [0.25, 0.3) is 0 Å². The number of imidazole rings is 1. The topological polar surface area (TPSA) is 64.2 Å². The van der Waals surface area contributed by atoms with E-state index in [-0.39, 0.29) is 5.91 Å². The Labute approximate surface area is 160 Å². The lowest BCUT2D eigenvalue weighted by molar-refractivity contribution is -0.132. The zero-order chi connectivity index (χ0) is 19.0. The molecule has 146 valence electrons. The van der Waals surface area contributed by atoms with Gasteiger partial charge in [-0.3, -0.25) is 4.79 Å². The highest BCUT2D eigenvalue weighted by Gasteiger charge is 2.31. The largest absolute Gasteiger partial charge is 0.361 e. The molecular formula is C21H30N4O2. The second kappa shape index (κ2) is 7.49. The number of piperidine rings is 1. The lowest BCUT2D eigenvalue weighted by Crippen LogP contribution is -2.41. The number of hydrogen-bond donors (Lipinski definition) is 0. The molecule has 1 atom stereocenters. The first kappa shape index (κ1) is 18.3.